The van der Waals surface area contributed by atoms with Gasteiger partial charge in [-0.05, 0) is 43.7 Å². The quantitative estimate of drug-likeness (QED) is 0.830. The van der Waals surface area contributed by atoms with Crippen LogP contribution in [-0.2, 0) is 5.41 Å². The first-order chi connectivity index (χ1) is 9.37. The number of benzene rings is 1. The average Bonchev–Trinajstić information content (AvgIpc) is 3.31. The molecule has 0 bridgehead atoms. The molecular formula is C18H27N. The summed E-state index contributed by atoms with van der Waals surface area (Å²) in [5.74, 6) is 0.929. The van der Waals surface area contributed by atoms with E-state index < -0.39 is 0 Å². The molecule has 0 amide bonds. The molecular weight excluding hydrogens is 230 g/mol. The van der Waals surface area contributed by atoms with Crippen LogP contribution in [0.2, 0.25) is 0 Å². The molecule has 0 aromatic heterocycles. The number of nitrogens with one attached hydrogen (secondary N) is 1. The Morgan fingerprint density at radius 2 is 1.79 bits per heavy atom. The average molecular weight is 257 g/mol. The van der Waals surface area contributed by atoms with E-state index in [1.54, 1.807) is 5.56 Å². The molecule has 0 spiro atoms. The smallest absolute Gasteiger partial charge is 0.0192 e. The van der Waals surface area contributed by atoms with Crippen LogP contribution in [-0.4, -0.2) is 12.6 Å². The van der Waals surface area contributed by atoms with E-state index in [2.05, 4.69) is 42.6 Å². The molecule has 0 heterocycles. The van der Waals surface area contributed by atoms with E-state index in [1.165, 1.54) is 44.9 Å². The molecule has 2 aliphatic rings. The minimum atomic E-state index is 0.413. The zero-order chi connectivity index (χ0) is 13.1. The van der Waals surface area contributed by atoms with Crippen molar-refractivity contribution in [3.8, 4) is 0 Å². The molecule has 2 aliphatic carbocycles. The lowest BCUT2D eigenvalue weighted by molar-refractivity contribution is 0.196. The summed E-state index contributed by atoms with van der Waals surface area (Å²) in [6.07, 6.45) is 9.87. The normalized spacial score (nSPS) is 24.1. The van der Waals surface area contributed by atoms with Crippen LogP contribution in [0.25, 0.3) is 0 Å². The Morgan fingerprint density at radius 1 is 1.11 bits per heavy atom. The van der Waals surface area contributed by atoms with Crippen LogP contribution in [0.3, 0.4) is 0 Å². The number of hydrogen-bond donors (Lipinski definition) is 1. The lowest BCUT2D eigenvalue weighted by Crippen LogP contribution is -2.51. The third kappa shape index (κ3) is 2.58. The summed E-state index contributed by atoms with van der Waals surface area (Å²) in [4.78, 5) is 0. The third-order valence-electron chi connectivity index (χ3n) is 5.21. The standard InChI is InChI=1S/C18H27N/c1-2-19-17(15-11-12-15)18(13-7-4-8-14-18)16-9-5-3-6-10-16/h3,5-6,9-10,15,17,19H,2,4,7-8,11-14H2,1H3. The van der Waals surface area contributed by atoms with E-state index in [9.17, 15) is 0 Å². The third-order valence-corrected chi connectivity index (χ3v) is 5.21. The predicted molar refractivity (Wildman–Crippen MR) is 81.4 cm³/mol. The van der Waals surface area contributed by atoms with Gasteiger partial charge in [0.15, 0.2) is 0 Å². The topological polar surface area (TPSA) is 12.0 Å². The van der Waals surface area contributed by atoms with Crippen molar-refractivity contribution in [3.05, 3.63) is 35.9 Å². The highest BCUT2D eigenvalue weighted by Crippen LogP contribution is 2.49. The van der Waals surface area contributed by atoms with Crippen LogP contribution >= 0.6 is 0 Å². The molecule has 1 aromatic rings. The summed E-state index contributed by atoms with van der Waals surface area (Å²) >= 11 is 0. The van der Waals surface area contributed by atoms with E-state index >= 15 is 0 Å². The van der Waals surface area contributed by atoms with Crippen LogP contribution in [0, 0.1) is 5.92 Å². The van der Waals surface area contributed by atoms with Gasteiger partial charge >= 0.3 is 0 Å². The molecule has 1 unspecified atom stereocenters. The summed E-state index contributed by atoms with van der Waals surface area (Å²) in [5.41, 5.74) is 2.00. The predicted octanol–water partition coefficient (Wildman–Crippen LogP) is 4.28. The van der Waals surface area contributed by atoms with Crippen molar-refractivity contribution < 1.29 is 0 Å². The highest BCUT2D eigenvalue weighted by Gasteiger charge is 2.47. The van der Waals surface area contributed by atoms with Gasteiger partial charge in [0.1, 0.15) is 0 Å². The Kier molecular flexibility index (Phi) is 3.93. The molecule has 1 atom stereocenters. The Bertz CT molecular complexity index is 387. The molecule has 104 valence electrons. The molecule has 0 aliphatic heterocycles. The SMILES string of the molecule is CCNC(C1CC1)C1(c2ccccc2)CCCCC1. The van der Waals surface area contributed by atoms with Gasteiger partial charge in [-0.25, -0.2) is 0 Å². The first-order valence-corrected chi connectivity index (χ1v) is 8.16. The lowest BCUT2D eigenvalue weighted by Gasteiger charge is -2.45. The van der Waals surface area contributed by atoms with Crippen molar-refractivity contribution in [1.29, 1.82) is 0 Å². The summed E-state index contributed by atoms with van der Waals surface area (Å²) in [6, 6.07) is 12.1. The molecule has 1 N–H and O–H groups in total. The van der Waals surface area contributed by atoms with Crippen molar-refractivity contribution in [1.82, 2.24) is 5.32 Å². The summed E-state index contributed by atoms with van der Waals surface area (Å²) in [6.45, 7) is 3.37. The van der Waals surface area contributed by atoms with Crippen LogP contribution < -0.4 is 5.32 Å². The molecule has 1 heteroatoms. The van der Waals surface area contributed by atoms with Gasteiger partial charge in [0, 0.05) is 11.5 Å². The van der Waals surface area contributed by atoms with Gasteiger partial charge in [-0.2, -0.15) is 0 Å². The molecule has 0 saturated heterocycles. The Morgan fingerprint density at radius 3 is 2.37 bits per heavy atom. The molecule has 0 radical (unpaired) electrons. The van der Waals surface area contributed by atoms with E-state index in [0.29, 0.717) is 11.5 Å². The summed E-state index contributed by atoms with van der Waals surface area (Å²) in [7, 11) is 0. The van der Waals surface area contributed by atoms with Crippen LogP contribution in [0.5, 0.6) is 0 Å². The first-order valence-electron chi connectivity index (χ1n) is 8.16. The summed E-state index contributed by atoms with van der Waals surface area (Å²) in [5, 5.41) is 3.85. The lowest BCUT2D eigenvalue weighted by atomic mass is 9.63. The first kappa shape index (κ1) is 13.2. The van der Waals surface area contributed by atoms with Crippen molar-refractivity contribution in [2.24, 2.45) is 5.92 Å². The molecule has 2 fully saturated rings. The van der Waals surface area contributed by atoms with E-state index in [-0.39, 0.29) is 0 Å². The van der Waals surface area contributed by atoms with Gasteiger partial charge in [0.2, 0.25) is 0 Å². The van der Waals surface area contributed by atoms with Crippen molar-refractivity contribution in [2.75, 3.05) is 6.54 Å². The summed E-state index contributed by atoms with van der Waals surface area (Å²) < 4.78 is 0. The van der Waals surface area contributed by atoms with Crippen molar-refractivity contribution in [2.45, 2.75) is 63.3 Å². The van der Waals surface area contributed by atoms with Crippen LogP contribution in [0.1, 0.15) is 57.4 Å². The maximum absolute atomic E-state index is 3.85. The number of likely N-dealkylation sites (N-methyl/N-ethyl adjacent to an activating group) is 1. The Balaban J connectivity index is 1.95. The maximum atomic E-state index is 3.85. The Labute approximate surface area is 117 Å². The minimum absolute atomic E-state index is 0.413. The number of hydrogen-bond acceptors (Lipinski definition) is 1. The van der Waals surface area contributed by atoms with Crippen LogP contribution in [0.15, 0.2) is 30.3 Å². The molecule has 1 nitrogen and oxygen atoms in total. The van der Waals surface area contributed by atoms with Gasteiger partial charge < -0.3 is 5.32 Å². The molecule has 3 rings (SSSR count). The largest absolute Gasteiger partial charge is 0.313 e. The highest BCUT2D eigenvalue weighted by molar-refractivity contribution is 5.29. The van der Waals surface area contributed by atoms with Gasteiger partial charge in [0.05, 0.1) is 0 Å². The Hall–Kier alpha value is -0.820. The molecule has 19 heavy (non-hydrogen) atoms. The second kappa shape index (κ2) is 5.66. The minimum Gasteiger partial charge on any atom is -0.313 e. The zero-order valence-corrected chi connectivity index (χ0v) is 12.2. The van der Waals surface area contributed by atoms with E-state index in [4.69, 9.17) is 0 Å². The van der Waals surface area contributed by atoms with Crippen LogP contribution in [0.4, 0.5) is 0 Å². The second-order valence-corrected chi connectivity index (χ2v) is 6.46. The van der Waals surface area contributed by atoms with E-state index in [0.717, 1.165) is 12.5 Å². The monoisotopic (exact) mass is 257 g/mol. The van der Waals surface area contributed by atoms with Gasteiger partial charge in [0.25, 0.3) is 0 Å². The van der Waals surface area contributed by atoms with Gasteiger partial charge in [-0.15, -0.1) is 0 Å². The van der Waals surface area contributed by atoms with Gasteiger partial charge in [-0.1, -0.05) is 56.5 Å². The molecule has 1 aromatic carbocycles. The maximum Gasteiger partial charge on any atom is 0.0192 e. The van der Waals surface area contributed by atoms with E-state index in [1.807, 2.05) is 0 Å². The zero-order valence-electron chi connectivity index (χ0n) is 12.2. The fraction of sp³-hybridized carbons (Fsp3) is 0.667. The number of rotatable bonds is 5. The molecule has 2 saturated carbocycles. The van der Waals surface area contributed by atoms with Crippen molar-refractivity contribution in [3.63, 3.8) is 0 Å². The fourth-order valence-electron chi connectivity index (χ4n) is 4.19. The second-order valence-electron chi connectivity index (χ2n) is 6.46. The highest BCUT2D eigenvalue weighted by atomic mass is 14.9. The van der Waals surface area contributed by atoms with Gasteiger partial charge in [-0.3, -0.25) is 0 Å². The fourth-order valence-corrected chi connectivity index (χ4v) is 4.19. The van der Waals surface area contributed by atoms with Crippen molar-refractivity contribution >= 4 is 0 Å².